The van der Waals surface area contributed by atoms with Crippen LogP contribution in [-0.4, -0.2) is 40.3 Å². The largest absolute Gasteiger partial charge is 0.463 e. The second-order valence-corrected chi connectivity index (χ2v) is 6.08. The van der Waals surface area contributed by atoms with E-state index >= 15 is 0 Å². The number of nitrogens with zero attached hydrogens (tertiary/aromatic N) is 1. The maximum Gasteiger partial charge on any atom is 0.330 e. The van der Waals surface area contributed by atoms with Crippen LogP contribution in [0, 0.1) is 0 Å². The summed E-state index contributed by atoms with van der Waals surface area (Å²) in [7, 11) is 0. The second-order valence-electron chi connectivity index (χ2n) is 5.36. The lowest BCUT2D eigenvalue weighted by atomic mass is 10.2. The van der Waals surface area contributed by atoms with Crippen LogP contribution in [0.4, 0.5) is 0 Å². The van der Waals surface area contributed by atoms with Gasteiger partial charge < -0.3 is 14.2 Å². The van der Waals surface area contributed by atoms with Gasteiger partial charge in [0, 0.05) is 26.5 Å². The molecular formula is C15H17IN2O7. The minimum Gasteiger partial charge on any atom is -0.463 e. The fourth-order valence-corrected chi connectivity index (χ4v) is 2.85. The highest BCUT2D eigenvalue weighted by Gasteiger charge is 2.39. The molecule has 3 atom stereocenters. The van der Waals surface area contributed by atoms with Crippen molar-refractivity contribution in [1.29, 1.82) is 0 Å². The van der Waals surface area contributed by atoms with Crippen LogP contribution in [0.2, 0.25) is 0 Å². The van der Waals surface area contributed by atoms with Crippen molar-refractivity contribution in [3.8, 4) is 0 Å². The van der Waals surface area contributed by atoms with E-state index in [0.29, 0.717) is 0 Å². The number of hydrogen-bond acceptors (Lipinski definition) is 7. The van der Waals surface area contributed by atoms with Gasteiger partial charge >= 0.3 is 17.6 Å². The number of aromatic nitrogens is 2. The van der Waals surface area contributed by atoms with Crippen molar-refractivity contribution < 1.29 is 23.8 Å². The Morgan fingerprint density at radius 1 is 1.40 bits per heavy atom. The van der Waals surface area contributed by atoms with E-state index in [1.165, 1.54) is 24.6 Å². The summed E-state index contributed by atoms with van der Waals surface area (Å²) >= 11 is 1.96. The molecule has 1 aromatic rings. The molecule has 10 heteroatoms. The molecule has 1 fully saturated rings. The zero-order valence-corrected chi connectivity index (χ0v) is 15.7. The maximum absolute atomic E-state index is 12.1. The van der Waals surface area contributed by atoms with Crippen molar-refractivity contribution in [3.05, 3.63) is 36.7 Å². The van der Waals surface area contributed by atoms with Crippen LogP contribution >= 0.6 is 22.6 Å². The molecule has 0 bridgehead atoms. The topological polar surface area (TPSA) is 117 Å². The van der Waals surface area contributed by atoms with Crippen LogP contribution in [0.1, 0.15) is 32.1 Å². The molecule has 1 N–H and O–H groups in total. The molecule has 0 unspecified atom stereocenters. The number of esters is 2. The molecule has 1 aromatic heterocycles. The first-order valence-electron chi connectivity index (χ1n) is 7.40. The highest BCUT2D eigenvalue weighted by Crippen LogP contribution is 2.30. The van der Waals surface area contributed by atoms with Crippen molar-refractivity contribution in [2.45, 2.75) is 38.7 Å². The first-order chi connectivity index (χ1) is 11.8. The van der Waals surface area contributed by atoms with Crippen LogP contribution in [0.3, 0.4) is 0 Å². The zero-order chi connectivity index (χ0) is 18.6. The van der Waals surface area contributed by atoms with Crippen LogP contribution in [-0.2, 0) is 23.8 Å². The van der Waals surface area contributed by atoms with Gasteiger partial charge in [-0.3, -0.25) is 23.9 Å². The smallest absolute Gasteiger partial charge is 0.330 e. The van der Waals surface area contributed by atoms with Crippen LogP contribution in [0.5, 0.6) is 0 Å². The normalized spacial score (nSPS) is 22.9. The summed E-state index contributed by atoms with van der Waals surface area (Å²) in [6.07, 6.45) is 0.953. The standard InChI is InChI=1S/C15H17IN2O7/c1-8(19)23-7-12-11(24-9(2)20)5-13(25-12)18-6-10(3-4-16)14(21)17-15(18)22/h3-4,6,11-13H,5,7H2,1-2H3,(H,17,21,22)/b4-3+/t11-,12+,13+/m0/s1. The van der Waals surface area contributed by atoms with Gasteiger partial charge in [-0.15, -0.1) is 0 Å². The highest BCUT2D eigenvalue weighted by molar-refractivity contribution is 14.1. The second kappa shape index (κ2) is 8.43. The van der Waals surface area contributed by atoms with Gasteiger partial charge in [0.25, 0.3) is 5.56 Å². The Morgan fingerprint density at radius 3 is 2.72 bits per heavy atom. The van der Waals surface area contributed by atoms with Gasteiger partial charge in [0.2, 0.25) is 0 Å². The van der Waals surface area contributed by atoms with E-state index in [1.54, 1.807) is 10.2 Å². The Morgan fingerprint density at radius 2 is 2.12 bits per heavy atom. The fraction of sp³-hybridized carbons (Fsp3) is 0.467. The van der Waals surface area contributed by atoms with E-state index in [0.717, 1.165) is 0 Å². The molecule has 2 rings (SSSR count). The number of carbonyl (C=O) groups excluding carboxylic acids is 2. The van der Waals surface area contributed by atoms with Gasteiger partial charge in [0.15, 0.2) is 0 Å². The summed E-state index contributed by atoms with van der Waals surface area (Å²) in [5, 5.41) is 0. The number of aromatic amines is 1. The molecule has 2 heterocycles. The van der Waals surface area contributed by atoms with E-state index in [1.807, 2.05) is 22.6 Å². The molecule has 25 heavy (non-hydrogen) atoms. The molecule has 9 nitrogen and oxygen atoms in total. The lowest BCUT2D eigenvalue weighted by molar-refractivity contribution is -0.155. The molecule has 0 saturated carbocycles. The summed E-state index contributed by atoms with van der Waals surface area (Å²) in [6, 6.07) is 0. The first-order valence-corrected chi connectivity index (χ1v) is 8.64. The monoisotopic (exact) mass is 464 g/mol. The SMILES string of the molecule is CC(=O)OC[C@H]1O[C@@H](n2cc(/C=C/I)c(=O)[nH]c2=O)C[C@@H]1OC(C)=O. The maximum atomic E-state index is 12.1. The summed E-state index contributed by atoms with van der Waals surface area (Å²) in [6.45, 7) is 2.40. The third kappa shape index (κ3) is 5.01. The van der Waals surface area contributed by atoms with Gasteiger partial charge in [-0.2, -0.15) is 0 Å². The van der Waals surface area contributed by atoms with Crippen LogP contribution < -0.4 is 11.2 Å². The molecule has 0 spiro atoms. The lowest BCUT2D eigenvalue weighted by Gasteiger charge is -2.17. The summed E-state index contributed by atoms with van der Waals surface area (Å²) in [5.41, 5.74) is -0.874. The van der Waals surface area contributed by atoms with Crippen molar-refractivity contribution in [1.82, 2.24) is 9.55 Å². The first kappa shape index (κ1) is 19.4. The molecule has 1 aliphatic heterocycles. The Bertz CT molecular complexity index is 798. The minimum absolute atomic E-state index is 0.109. The van der Waals surface area contributed by atoms with E-state index in [9.17, 15) is 19.2 Å². The average Bonchev–Trinajstić information content (AvgIpc) is 2.90. The van der Waals surface area contributed by atoms with Gasteiger partial charge in [0.05, 0.1) is 5.56 Å². The Labute approximate surface area is 156 Å². The molecule has 1 aliphatic rings. The van der Waals surface area contributed by atoms with Gasteiger partial charge in [-0.1, -0.05) is 22.6 Å². The molecule has 0 amide bonds. The average molecular weight is 464 g/mol. The predicted octanol–water partition coefficient (Wildman–Crippen LogP) is 0.725. The molecule has 0 aromatic carbocycles. The van der Waals surface area contributed by atoms with Crippen LogP contribution in [0.25, 0.3) is 6.08 Å². The van der Waals surface area contributed by atoms with Crippen molar-refractivity contribution in [2.24, 2.45) is 0 Å². The van der Waals surface area contributed by atoms with Crippen molar-refractivity contribution >= 4 is 40.6 Å². The highest BCUT2D eigenvalue weighted by atomic mass is 127. The summed E-state index contributed by atoms with van der Waals surface area (Å²) in [5.74, 6) is -1.01. The number of ether oxygens (including phenoxy) is 3. The predicted molar refractivity (Wildman–Crippen MR) is 95.1 cm³/mol. The third-order valence-corrected chi connectivity index (χ3v) is 3.86. The van der Waals surface area contributed by atoms with E-state index in [-0.39, 0.29) is 18.6 Å². The van der Waals surface area contributed by atoms with Gasteiger partial charge in [-0.25, -0.2) is 4.79 Å². The van der Waals surface area contributed by atoms with Crippen LogP contribution in [0.15, 0.2) is 19.9 Å². The Kier molecular flexibility index (Phi) is 6.53. The zero-order valence-electron chi connectivity index (χ0n) is 13.6. The quantitative estimate of drug-likeness (QED) is 0.505. The lowest BCUT2D eigenvalue weighted by Crippen LogP contribution is -2.33. The number of H-pyrrole nitrogens is 1. The molecular weight excluding hydrogens is 447 g/mol. The Hall–Kier alpha value is -1.95. The van der Waals surface area contributed by atoms with E-state index in [4.69, 9.17) is 14.2 Å². The number of hydrogen-bond donors (Lipinski definition) is 1. The van der Waals surface area contributed by atoms with E-state index < -0.39 is 41.6 Å². The number of rotatable bonds is 5. The fourth-order valence-electron chi connectivity index (χ4n) is 2.46. The van der Waals surface area contributed by atoms with Crippen molar-refractivity contribution in [3.63, 3.8) is 0 Å². The van der Waals surface area contributed by atoms with Gasteiger partial charge in [0.1, 0.15) is 25.0 Å². The third-order valence-electron chi connectivity index (χ3n) is 3.50. The van der Waals surface area contributed by atoms with Gasteiger partial charge in [-0.05, 0) is 10.2 Å². The molecule has 0 radical (unpaired) electrons. The minimum atomic E-state index is -0.768. The molecule has 0 aliphatic carbocycles. The van der Waals surface area contributed by atoms with Crippen molar-refractivity contribution in [2.75, 3.05) is 6.61 Å². The number of carbonyl (C=O) groups is 2. The summed E-state index contributed by atoms with van der Waals surface area (Å²) in [4.78, 5) is 48.3. The number of halogens is 1. The number of nitrogens with one attached hydrogen (secondary N) is 1. The molecule has 136 valence electrons. The summed E-state index contributed by atoms with van der Waals surface area (Å²) < 4.78 is 18.7. The molecule has 1 saturated heterocycles. The Balaban J connectivity index is 2.29. The van der Waals surface area contributed by atoms with E-state index in [2.05, 4.69) is 4.98 Å².